The SMILES string of the molecule is CO[C@@H](C=O)O[C@@H](C)C=O. The number of hydrogen-bond acceptors (Lipinski definition) is 4. The van der Waals surface area contributed by atoms with Crippen LogP contribution in [0.1, 0.15) is 6.92 Å². The van der Waals surface area contributed by atoms with Gasteiger partial charge in [-0.1, -0.05) is 0 Å². The molecule has 0 saturated heterocycles. The van der Waals surface area contributed by atoms with Crippen LogP contribution in [0.3, 0.4) is 0 Å². The van der Waals surface area contributed by atoms with Crippen molar-refractivity contribution in [2.45, 2.75) is 19.3 Å². The lowest BCUT2D eigenvalue weighted by atomic mass is 10.4. The predicted octanol–water partition coefficient (Wildman–Crippen LogP) is -0.238. The van der Waals surface area contributed by atoms with E-state index < -0.39 is 12.4 Å². The lowest BCUT2D eigenvalue weighted by molar-refractivity contribution is -0.163. The summed E-state index contributed by atoms with van der Waals surface area (Å²) < 4.78 is 9.26. The molecule has 0 aliphatic rings. The third-order valence-electron chi connectivity index (χ3n) is 0.884. The molecule has 0 N–H and O–H groups in total. The first kappa shape index (κ1) is 9.26. The van der Waals surface area contributed by atoms with Crippen molar-refractivity contribution in [1.82, 2.24) is 0 Å². The van der Waals surface area contributed by atoms with Crippen LogP contribution < -0.4 is 0 Å². The summed E-state index contributed by atoms with van der Waals surface area (Å²) in [5, 5.41) is 0. The minimum atomic E-state index is -0.930. The molecule has 2 atom stereocenters. The van der Waals surface area contributed by atoms with E-state index in [1.54, 1.807) is 0 Å². The third-order valence-corrected chi connectivity index (χ3v) is 0.884. The Labute approximate surface area is 59.1 Å². The zero-order valence-electron chi connectivity index (χ0n) is 5.94. The molecule has 0 saturated carbocycles. The molecule has 0 bridgehead atoms. The maximum atomic E-state index is 10.0. The molecule has 0 heterocycles. The van der Waals surface area contributed by atoms with E-state index in [-0.39, 0.29) is 0 Å². The van der Waals surface area contributed by atoms with Crippen LogP contribution in [0.5, 0.6) is 0 Å². The fraction of sp³-hybridized carbons (Fsp3) is 0.667. The first-order valence-corrected chi connectivity index (χ1v) is 2.83. The van der Waals surface area contributed by atoms with Gasteiger partial charge in [-0.15, -0.1) is 0 Å². The highest BCUT2D eigenvalue weighted by molar-refractivity contribution is 5.57. The van der Waals surface area contributed by atoms with E-state index in [1.807, 2.05) is 0 Å². The average Bonchev–Trinajstić information content (AvgIpc) is 1.99. The summed E-state index contributed by atoms with van der Waals surface area (Å²) in [6, 6.07) is 0. The first-order chi connectivity index (χ1) is 4.74. The second-order valence-corrected chi connectivity index (χ2v) is 1.72. The molecular formula is C6H10O4. The molecule has 0 unspecified atom stereocenters. The van der Waals surface area contributed by atoms with Crippen molar-refractivity contribution in [1.29, 1.82) is 0 Å². The number of carbonyl (C=O) groups excluding carboxylic acids is 2. The van der Waals surface area contributed by atoms with Gasteiger partial charge in [-0.25, -0.2) is 0 Å². The first-order valence-electron chi connectivity index (χ1n) is 2.83. The van der Waals surface area contributed by atoms with Gasteiger partial charge in [0.25, 0.3) is 0 Å². The van der Waals surface area contributed by atoms with Crippen LogP contribution in [0.15, 0.2) is 0 Å². The van der Waals surface area contributed by atoms with E-state index in [0.29, 0.717) is 12.6 Å². The molecule has 0 aromatic rings. The van der Waals surface area contributed by atoms with E-state index in [4.69, 9.17) is 4.74 Å². The van der Waals surface area contributed by atoms with Crippen molar-refractivity contribution in [3.63, 3.8) is 0 Å². The molecule has 4 heteroatoms. The van der Waals surface area contributed by atoms with Crippen molar-refractivity contribution in [2.75, 3.05) is 7.11 Å². The molecule has 0 rings (SSSR count). The minimum absolute atomic E-state index is 0.486. The largest absolute Gasteiger partial charge is 0.350 e. The van der Waals surface area contributed by atoms with E-state index in [0.717, 1.165) is 0 Å². The van der Waals surface area contributed by atoms with Crippen molar-refractivity contribution in [3.05, 3.63) is 0 Å². The highest BCUT2D eigenvalue weighted by atomic mass is 16.7. The summed E-state index contributed by atoms with van der Waals surface area (Å²) in [5.41, 5.74) is 0. The van der Waals surface area contributed by atoms with Crippen LogP contribution in [-0.4, -0.2) is 32.1 Å². The van der Waals surface area contributed by atoms with Gasteiger partial charge in [-0.2, -0.15) is 0 Å². The predicted molar refractivity (Wildman–Crippen MR) is 33.5 cm³/mol. The standard InChI is InChI=1S/C6H10O4/c1-5(3-7)10-6(4-8)9-2/h3-6H,1-2H3/t5-,6+/m0/s1. The summed E-state index contributed by atoms with van der Waals surface area (Å²) in [6.07, 6.45) is -0.453. The van der Waals surface area contributed by atoms with E-state index in [9.17, 15) is 9.59 Å². The Morgan fingerprint density at radius 2 is 1.90 bits per heavy atom. The Morgan fingerprint density at radius 1 is 1.30 bits per heavy atom. The molecule has 0 radical (unpaired) electrons. The van der Waals surface area contributed by atoms with Crippen molar-refractivity contribution in [2.24, 2.45) is 0 Å². The van der Waals surface area contributed by atoms with Crippen LogP contribution in [0.4, 0.5) is 0 Å². The Bertz CT molecular complexity index is 112. The summed E-state index contributed by atoms with van der Waals surface area (Å²) >= 11 is 0. The van der Waals surface area contributed by atoms with Crippen molar-refractivity contribution >= 4 is 12.6 Å². The van der Waals surface area contributed by atoms with Gasteiger partial charge < -0.3 is 14.3 Å². The molecule has 0 fully saturated rings. The average molecular weight is 146 g/mol. The van der Waals surface area contributed by atoms with Crippen LogP contribution in [0, 0.1) is 0 Å². The Morgan fingerprint density at radius 3 is 2.20 bits per heavy atom. The van der Waals surface area contributed by atoms with E-state index in [1.165, 1.54) is 14.0 Å². The Hall–Kier alpha value is -0.740. The van der Waals surface area contributed by atoms with Gasteiger partial charge in [-0.3, -0.25) is 4.79 Å². The maximum Gasteiger partial charge on any atom is 0.215 e. The summed E-state index contributed by atoms with van der Waals surface area (Å²) in [7, 11) is 1.33. The molecule has 0 aliphatic heterocycles. The summed E-state index contributed by atoms with van der Waals surface area (Å²) in [4.78, 5) is 20.0. The topological polar surface area (TPSA) is 52.6 Å². The van der Waals surface area contributed by atoms with Crippen LogP contribution in [-0.2, 0) is 19.1 Å². The smallest absolute Gasteiger partial charge is 0.215 e. The van der Waals surface area contributed by atoms with Gasteiger partial charge in [0, 0.05) is 7.11 Å². The van der Waals surface area contributed by atoms with Crippen LogP contribution in [0.2, 0.25) is 0 Å². The summed E-state index contributed by atoms with van der Waals surface area (Å²) in [6.45, 7) is 1.53. The van der Waals surface area contributed by atoms with E-state index in [2.05, 4.69) is 4.74 Å². The highest BCUT2D eigenvalue weighted by Crippen LogP contribution is 1.93. The lowest BCUT2D eigenvalue weighted by Gasteiger charge is -2.10. The van der Waals surface area contributed by atoms with Crippen molar-refractivity contribution < 1.29 is 19.1 Å². The number of aldehydes is 2. The summed E-state index contributed by atoms with van der Waals surface area (Å²) in [5.74, 6) is 0. The molecule has 0 aromatic heterocycles. The quantitative estimate of drug-likeness (QED) is 0.397. The molecule has 0 amide bonds. The molecular weight excluding hydrogens is 136 g/mol. The fourth-order valence-electron chi connectivity index (χ4n) is 0.387. The number of carbonyl (C=O) groups is 2. The van der Waals surface area contributed by atoms with E-state index >= 15 is 0 Å². The van der Waals surface area contributed by atoms with Crippen LogP contribution in [0.25, 0.3) is 0 Å². The number of rotatable bonds is 5. The molecule has 0 spiro atoms. The minimum Gasteiger partial charge on any atom is -0.350 e. The Kier molecular flexibility index (Phi) is 4.70. The fourth-order valence-corrected chi connectivity index (χ4v) is 0.387. The molecule has 4 nitrogen and oxygen atoms in total. The van der Waals surface area contributed by atoms with Crippen molar-refractivity contribution in [3.8, 4) is 0 Å². The Balaban J connectivity index is 3.61. The second kappa shape index (κ2) is 5.08. The lowest BCUT2D eigenvalue weighted by Crippen LogP contribution is -2.23. The number of ether oxygens (including phenoxy) is 2. The van der Waals surface area contributed by atoms with Crippen LogP contribution >= 0.6 is 0 Å². The second-order valence-electron chi connectivity index (χ2n) is 1.72. The third kappa shape index (κ3) is 3.32. The van der Waals surface area contributed by atoms with Gasteiger partial charge >= 0.3 is 0 Å². The van der Waals surface area contributed by atoms with Gasteiger partial charge in [-0.05, 0) is 6.92 Å². The highest BCUT2D eigenvalue weighted by Gasteiger charge is 2.08. The molecule has 0 aliphatic carbocycles. The zero-order valence-corrected chi connectivity index (χ0v) is 5.94. The van der Waals surface area contributed by atoms with Gasteiger partial charge in [0.2, 0.25) is 6.29 Å². The number of methoxy groups -OCH3 is 1. The maximum absolute atomic E-state index is 10.0. The normalized spacial score (nSPS) is 15.8. The van der Waals surface area contributed by atoms with Gasteiger partial charge in [0.05, 0.1) is 0 Å². The number of hydrogen-bond donors (Lipinski definition) is 0. The zero-order chi connectivity index (χ0) is 7.98. The molecule has 0 aromatic carbocycles. The van der Waals surface area contributed by atoms with Gasteiger partial charge in [0.15, 0.2) is 6.29 Å². The molecule has 58 valence electrons. The monoisotopic (exact) mass is 146 g/mol. The van der Waals surface area contributed by atoms with Gasteiger partial charge in [0.1, 0.15) is 12.4 Å². The molecule has 10 heavy (non-hydrogen) atoms.